The molecule has 2 aromatic heterocycles. The Morgan fingerprint density at radius 2 is 2.00 bits per heavy atom. The van der Waals surface area contributed by atoms with Crippen molar-refractivity contribution >= 4 is 50.4 Å². The highest BCUT2D eigenvalue weighted by atomic mass is 35.5. The van der Waals surface area contributed by atoms with E-state index in [1.165, 1.54) is 6.92 Å². The van der Waals surface area contributed by atoms with Gasteiger partial charge < -0.3 is 14.6 Å². The van der Waals surface area contributed by atoms with Crippen LogP contribution in [0.4, 0.5) is 0 Å². The number of aromatic hydroxyl groups is 1. The Morgan fingerprint density at radius 1 is 1.24 bits per heavy atom. The van der Waals surface area contributed by atoms with Crippen molar-refractivity contribution in [3.8, 4) is 23.4 Å². The zero-order valence-corrected chi connectivity index (χ0v) is 19.8. The third-order valence-corrected chi connectivity index (χ3v) is 7.58. The fourth-order valence-corrected chi connectivity index (χ4v) is 5.82. The maximum Gasteiger partial charge on any atom is 0.271 e. The molecule has 5 rings (SSSR count). The average Bonchev–Trinajstić information content (AvgIpc) is 3.41. The molecule has 4 aromatic rings. The highest BCUT2D eigenvalue weighted by Gasteiger charge is 2.29. The molecule has 0 spiro atoms. The Balaban J connectivity index is 1.67. The Labute approximate surface area is 206 Å². The normalized spacial score (nSPS) is 12.2. The molecule has 0 unspecified atom stereocenters. The van der Waals surface area contributed by atoms with Crippen LogP contribution < -0.4 is 15.0 Å². The zero-order chi connectivity index (χ0) is 24.1. The lowest BCUT2D eigenvalue weighted by atomic mass is 10.00. The van der Waals surface area contributed by atoms with E-state index < -0.39 is 17.2 Å². The number of halogens is 2. The number of hydrogen-bond donors (Lipinski definition) is 1. The van der Waals surface area contributed by atoms with Gasteiger partial charge in [0, 0.05) is 10.1 Å². The zero-order valence-electron chi connectivity index (χ0n) is 17.5. The Hall–Kier alpha value is -3.51. The molecule has 0 fully saturated rings. The molecule has 0 aliphatic carbocycles. The predicted octanol–water partition coefficient (Wildman–Crippen LogP) is 5.26. The molecule has 34 heavy (non-hydrogen) atoms. The summed E-state index contributed by atoms with van der Waals surface area (Å²) in [5.74, 6) is -0.0873. The van der Waals surface area contributed by atoms with Gasteiger partial charge in [0.15, 0.2) is 11.5 Å². The van der Waals surface area contributed by atoms with Gasteiger partial charge in [-0.15, -0.1) is 11.3 Å². The van der Waals surface area contributed by atoms with Crippen LogP contribution in [-0.2, 0) is 6.54 Å². The van der Waals surface area contributed by atoms with Crippen LogP contribution in [0.3, 0.4) is 0 Å². The topological polar surface area (TPSA) is 102 Å². The molecule has 1 N–H and O–H groups in total. The number of ketones is 1. The average molecular weight is 513 g/mol. The lowest BCUT2D eigenvalue weighted by Crippen LogP contribution is -2.27. The molecule has 3 heterocycles. The maximum absolute atomic E-state index is 13.6. The van der Waals surface area contributed by atoms with E-state index in [4.69, 9.17) is 32.7 Å². The van der Waals surface area contributed by atoms with Crippen molar-refractivity contribution in [1.29, 1.82) is 5.26 Å². The lowest BCUT2D eigenvalue weighted by molar-refractivity contribution is 0.103. The number of rotatable bonds is 4. The molecule has 2 aromatic carbocycles. The maximum atomic E-state index is 13.6. The van der Waals surface area contributed by atoms with Crippen LogP contribution >= 0.6 is 34.5 Å². The van der Waals surface area contributed by atoms with Crippen LogP contribution in [0.15, 0.2) is 41.2 Å². The van der Waals surface area contributed by atoms with Gasteiger partial charge in [0.2, 0.25) is 18.5 Å². The predicted molar refractivity (Wildman–Crippen MR) is 129 cm³/mol. The number of carbonyl (C=O) groups excluding carboxylic acids is 1. The van der Waals surface area contributed by atoms with E-state index in [2.05, 4.69) is 0 Å². The number of ether oxygens (including phenoxy) is 2. The van der Waals surface area contributed by atoms with Crippen LogP contribution in [0.5, 0.6) is 17.4 Å². The Kier molecular flexibility index (Phi) is 5.48. The van der Waals surface area contributed by atoms with Crippen LogP contribution in [-0.4, -0.2) is 22.2 Å². The van der Waals surface area contributed by atoms with Gasteiger partial charge in [-0.25, -0.2) is 0 Å². The summed E-state index contributed by atoms with van der Waals surface area (Å²) < 4.78 is 12.4. The highest BCUT2D eigenvalue weighted by molar-refractivity contribution is 7.22. The summed E-state index contributed by atoms with van der Waals surface area (Å²) in [5.41, 5.74) is -0.424. The number of hydrogen-bond acceptors (Lipinski definition) is 7. The van der Waals surface area contributed by atoms with Crippen LogP contribution in [0.25, 0.3) is 10.1 Å². The van der Waals surface area contributed by atoms with Gasteiger partial charge in [-0.2, -0.15) is 5.26 Å². The molecule has 0 amide bonds. The first-order valence-electron chi connectivity index (χ1n) is 9.98. The van der Waals surface area contributed by atoms with Crippen molar-refractivity contribution < 1.29 is 19.4 Å². The SMILES string of the molecule is Cc1c(C(=O)c2sc3cccc(Cl)c3c2Cl)c(O)n(Cc2ccc3c(c2)OCO3)c(=O)c1C#N. The number of fused-ring (bicyclic) bond motifs is 2. The number of carbonyl (C=O) groups is 1. The third-order valence-electron chi connectivity index (χ3n) is 5.62. The van der Waals surface area contributed by atoms with Crippen LogP contribution in [0, 0.1) is 18.3 Å². The highest BCUT2D eigenvalue weighted by Crippen LogP contribution is 2.41. The molecular formula is C24H14Cl2N2O5S. The minimum absolute atomic E-state index is 0.0801. The van der Waals surface area contributed by atoms with Crippen LogP contribution in [0.1, 0.15) is 31.9 Å². The van der Waals surface area contributed by atoms with Crippen molar-refractivity contribution in [2.24, 2.45) is 0 Å². The number of nitrogens with zero attached hydrogens (tertiary/aromatic N) is 2. The van der Waals surface area contributed by atoms with E-state index in [1.807, 2.05) is 6.07 Å². The van der Waals surface area contributed by atoms with Crippen LogP contribution in [0.2, 0.25) is 10.0 Å². The third kappa shape index (κ3) is 3.41. The summed E-state index contributed by atoms with van der Waals surface area (Å²) >= 11 is 13.9. The smallest absolute Gasteiger partial charge is 0.271 e. The van der Waals surface area contributed by atoms with Gasteiger partial charge in [0.25, 0.3) is 5.56 Å². The summed E-state index contributed by atoms with van der Waals surface area (Å²) in [4.78, 5) is 26.8. The Bertz CT molecular complexity index is 1620. The second-order valence-electron chi connectivity index (χ2n) is 7.58. The van der Waals surface area contributed by atoms with Gasteiger partial charge in [0.1, 0.15) is 11.6 Å². The number of pyridine rings is 1. The molecule has 1 aliphatic heterocycles. The summed E-state index contributed by atoms with van der Waals surface area (Å²) in [5, 5.41) is 21.8. The van der Waals surface area contributed by atoms with Crippen molar-refractivity contribution in [3.63, 3.8) is 0 Å². The summed E-state index contributed by atoms with van der Waals surface area (Å²) in [7, 11) is 0. The Morgan fingerprint density at radius 3 is 2.74 bits per heavy atom. The summed E-state index contributed by atoms with van der Waals surface area (Å²) in [6.45, 7) is 1.44. The van der Waals surface area contributed by atoms with E-state index >= 15 is 0 Å². The summed E-state index contributed by atoms with van der Waals surface area (Å²) in [6, 6.07) is 12.1. The monoisotopic (exact) mass is 512 g/mol. The van der Waals surface area contributed by atoms with Gasteiger partial charge in [-0.1, -0.05) is 35.3 Å². The van der Waals surface area contributed by atoms with Crippen molar-refractivity contribution in [2.75, 3.05) is 6.79 Å². The van der Waals surface area contributed by atoms with E-state index in [0.717, 1.165) is 15.9 Å². The first-order valence-corrected chi connectivity index (χ1v) is 11.5. The molecular weight excluding hydrogens is 499 g/mol. The first-order chi connectivity index (χ1) is 16.3. The van der Waals surface area contributed by atoms with Gasteiger partial charge in [0.05, 0.1) is 27.0 Å². The minimum atomic E-state index is -0.711. The quantitative estimate of drug-likeness (QED) is 0.374. The second-order valence-corrected chi connectivity index (χ2v) is 9.41. The minimum Gasteiger partial charge on any atom is -0.494 e. The molecule has 7 nitrogen and oxygen atoms in total. The molecule has 0 saturated carbocycles. The molecule has 0 radical (unpaired) electrons. The van der Waals surface area contributed by atoms with E-state index in [1.54, 1.807) is 36.4 Å². The number of thiophene rings is 1. The lowest BCUT2D eigenvalue weighted by Gasteiger charge is -2.15. The van der Waals surface area contributed by atoms with Gasteiger partial charge in [-0.3, -0.25) is 14.2 Å². The van der Waals surface area contributed by atoms with Gasteiger partial charge >= 0.3 is 0 Å². The molecule has 0 saturated heterocycles. The molecule has 1 aliphatic rings. The van der Waals surface area contributed by atoms with Crippen molar-refractivity contribution in [2.45, 2.75) is 13.5 Å². The van der Waals surface area contributed by atoms with Crippen molar-refractivity contribution in [3.05, 3.63) is 83.9 Å². The van der Waals surface area contributed by atoms with E-state index in [-0.39, 0.29) is 39.9 Å². The number of nitriles is 1. The first kappa shape index (κ1) is 22.3. The van der Waals surface area contributed by atoms with E-state index in [0.29, 0.717) is 32.2 Å². The van der Waals surface area contributed by atoms with Crippen molar-refractivity contribution in [1.82, 2.24) is 4.57 Å². The molecule has 170 valence electrons. The summed E-state index contributed by atoms with van der Waals surface area (Å²) in [6.07, 6.45) is 0. The van der Waals surface area contributed by atoms with Gasteiger partial charge in [-0.05, 0) is 42.3 Å². The fraction of sp³-hybridized carbons (Fsp3) is 0.125. The fourth-order valence-electron chi connectivity index (χ4n) is 3.92. The number of benzene rings is 2. The molecule has 0 bridgehead atoms. The second kappa shape index (κ2) is 8.37. The largest absolute Gasteiger partial charge is 0.494 e. The molecule has 0 atom stereocenters. The molecule has 10 heteroatoms. The van der Waals surface area contributed by atoms with E-state index in [9.17, 15) is 20.0 Å². The number of aromatic nitrogens is 1. The standard InChI is InChI=1S/C24H14Cl2N2O5S/c1-11-13(8-27)23(30)28(9-12-5-6-15-16(7-12)33-10-32-15)24(31)18(11)21(29)22-20(26)19-14(25)3-2-4-17(19)34-22/h2-7,31H,9-10H2,1H3.